The van der Waals surface area contributed by atoms with Crippen LogP contribution in [0.1, 0.15) is 26.7 Å². The molecule has 0 aromatic carbocycles. The summed E-state index contributed by atoms with van der Waals surface area (Å²) in [6, 6.07) is 0.00135. The molecule has 7 nitrogen and oxygen atoms in total. The highest BCUT2D eigenvalue weighted by Crippen LogP contribution is 2.36. The number of fused-ring (bicyclic) bond motifs is 1. The molecule has 1 amide bonds. The normalized spacial score (nSPS) is 27.4. The molecule has 1 aliphatic carbocycles. The summed E-state index contributed by atoms with van der Waals surface area (Å²) in [6.07, 6.45) is 4.24. The van der Waals surface area contributed by atoms with Crippen molar-refractivity contribution in [2.75, 3.05) is 7.11 Å². The zero-order chi connectivity index (χ0) is 17.3. The van der Waals surface area contributed by atoms with Gasteiger partial charge in [-0.15, -0.1) is 5.48 Å². The van der Waals surface area contributed by atoms with Crippen molar-refractivity contribution < 1.29 is 14.4 Å². The number of hydrogen-bond donors (Lipinski definition) is 3. The van der Waals surface area contributed by atoms with Gasteiger partial charge in [0.15, 0.2) is 0 Å². The van der Waals surface area contributed by atoms with Crippen molar-refractivity contribution in [2.24, 2.45) is 4.99 Å². The molecular weight excluding hydrogens is 308 g/mol. The molecule has 3 N–H and O–H groups in total. The molecule has 3 aliphatic rings. The van der Waals surface area contributed by atoms with Gasteiger partial charge < -0.3 is 20.2 Å². The largest absolute Gasteiger partial charge is 0.496 e. The highest BCUT2D eigenvalue weighted by atomic mass is 16.7. The third kappa shape index (κ3) is 3.07. The van der Waals surface area contributed by atoms with E-state index in [1.165, 1.54) is 6.34 Å². The van der Waals surface area contributed by atoms with Gasteiger partial charge in [0.1, 0.15) is 17.3 Å². The minimum atomic E-state index is -0.111. The summed E-state index contributed by atoms with van der Waals surface area (Å²) in [4.78, 5) is 21.5. The molecule has 0 spiro atoms. The van der Waals surface area contributed by atoms with E-state index >= 15 is 0 Å². The fraction of sp³-hybridized carbons (Fsp3) is 0.412. The molecular formula is C17H22N4O3. The minimum Gasteiger partial charge on any atom is -0.496 e. The van der Waals surface area contributed by atoms with Crippen LogP contribution in [-0.2, 0) is 14.4 Å². The third-order valence-corrected chi connectivity index (χ3v) is 4.37. The maximum Gasteiger partial charge on any atom is 0.229 e. The Bertz CT molecular complexity index is 703. The Morgan fingerprint density at radius 3 is 2.92 bits per heavy atom. The first-order valence-corrected chi connectivity index (χ1v) is 7.88. The van der Waals surface area contributed by atoms with Gasteiger partial charge in [0.05, 0.1) is 32.0 Å². The number of ether oxygens (including phenoxy) is 1. The van der Waals surface area contributed by atoms with Crippen LogP contribution in [0.25, 0.3) is 0 Å². The molecule has 128 valence electrons. The zero-order valence-electron chi connectivity index (χ0n) is 14.1. The van der Waals surface area contributed by atoms with Gasteiger partial charge in [-0.2, -0.15) is 0 Å². The Morgan fingerprint density at radius 2 is 2.25 bits per heavy atom. The van der Waals surface area contributed by atoms with Crippen LogP contribution in [0.4, 0.5) is 0 Å². The number of rotatable bonds is 2. The second kappa shape index (κ2) is 6.52. The first-order valence-electron chi connectivity index (χ1n) is 7.88. The van der Waals surface area contributed by atoms with E-state index in [-0.39, 0.29) is 24.4 Å². The lowest BCUT2D eigenvalue weighted by Crippen LogP contribution is -2.34. The SMILES string of the molecule is C=C1N=CNC(=O)CC2=CC(OC)=C(C3=C(C)ON[C@H]3C)C[C@@H]2N1. The average molecular weight is 330 g/mol. The number of nitrogens with zero attached hydrogens (tertiary/aromatic N) is 1. The van der Waals surface area contributed by atoms with Gasteiger partial charge in [0.2, 0.25) is 5.91 Å². The summed E-state index contributed by atoms with van der Waals surface area (Å²) in [7, 11) is 1.64. The molecule has 0 aromatic heterocycles. The lowest BCUT2D eigenvalue weighted by molar-refractivity contribution is -0.119. The fourth-order valence-electron chi connectivity index (χ4n) is 3.26. The molecule has 24 heavy (non-hydrogen) atoms. The molecule has 0 fully saturated rings. The number of hydroxylamine groups is 1. The number of hydrogen-bond acceptors (Lipinski definition) is 6. The number of carbonyl (C=O) groups is 1. The minimum absolute atomic E-state index is 0.0690. The summed E-state index contributed by atoms with van der Waals surface area (Å²) in [5.41, 5.74) is 6.06. The van der Waals surface area contributed by atoms with Crippen LogP contribution < -0.4 is 16.1 Å². The lowest BCUT2D eigenvalue weighted by atomic mass is 9.84. The predicted octanol–water partition coefficient (Wildman–Crippen LogP) is 1.39. The Kier molecular flexibility index (Phi) is 4.44. The number of nitrogens with one attached hydrogen (secondary N) is 3. The summed E-state index contributed by atoms with van der Waals surface area (Å²) >= 11 is 0. The van der Waals surface area contributed by atoms with Gasteiger partial charge in [-0.1, -0.05) is 6.58 Å². The Hall–Kier alpha value is -2.54. The molecule has 7 heteroatoms. The Morgan fingerprint density at radius 1 is 1.46 bits per heavy atom. The van der Waals surface area contributed by atoms with Crippen molar-refractivity contribution in [1.82, 2.24) is 16.1 Å². The van der Waals surface area contributed by atoms with Gasteiger partial charge in [-0.25, -0.2) is 4.99 Å². The van der Waals surface area contributed by atoms with Gasteiger partial charge in [0, 0.05) is 17.6 Å². The summed E-state index contributed by atoms with van der Waals surface area (Å²) in [6.45, 7) is 7.85. The van der Waals surface area contributed by atoms with Gasteiger partial charge >= 0.3 is 0 Å². The van der Waals surface area contributed by atoms with E-state index in [1.807, 2.05) is 19.9 Å². The van der Waals surface area contributed by atoms with Crippen LogP contribution in [0.15, 0.2) is 51.7 Å². The molecule has 2 heterocycles. The second-order valence-electron chi connectivity index (χ2n) is 6.03. The molecule has 0 unspecified atom stereocenters. The van der Waals surface area contributed by atoms with Crippen molar-refractivity contribution in [2.45, 2.75) is 38.8 Å². The van der Waals surface area contributed by atoms with Crippen LogP contribution in [0.5, 0.6) is 0 Å². The van der Waals surface area contributed by atoms with Crippen molar-refractivity contribution in [3.63, 3.8) is 0 Å². The summed E-state index contributed by atoms with van der Waals surface area (Å²) < 4.78 is 5.60. The van der Waals surface area contributed by atoms with Crippen LogP contribution in [0.2, 0.25) is 0 Å². The highest BCUT2D eigenvalue weighted by Gasteiger charge is 2.33. The maximum absolute atomic E-state index is 12.0. The summed E-state index contributed by atoms with van der Waals surface area (Å²) in [5, 5.41) is 5.92. The van der Waals surface area contributed by atoms with Crippen LogP contribution >= 0.6 is 0 Å². The number of aliphatic imine (C=N–C) groups is 1. The van der Waals surface area contributed by atoms with Crippen LogP contribution in [0, 0.1) is 0 Å². The smallest absolute Gasteiger partial charge is 0.229 e. The molecule has 2 aliphatic heterocycles. The lowest BCUT2D eigenvalue weighted by Gasteiger charge is -2.29. The first kappa shape index (κ1) is 16.3. The molecule has 3 rings (SSSR count). The van der Waals surface area contributed by atoms with E-state index in [0.717, 1.165) is 28.2 Å². The van der Waals surface area contributed by atoms with Crippen molar-refractivity contribution in [3.8, 4) is 0 Å². The Balaban J connectivity index is 2.02. The van der Waals surface area contributed by atoms with E-state index in [9.17, 15) is 4.79 Å². The highest BCUT2D eigenvalue weighted by molar-refractivity contribution is 5.89. The van der Waals surface area contributed by atoms with Crippen molar-refractivity contribution in [1.29, 1.82) is 0 Å². The first-order chi connectivity index (χ1) is 11.5. The van der Waals surface area contributed by atoms with Crippen LogP contribution in [0.3, 0.4) is 0 Å². The molecule has 0 aromatic rings. The number of methoxy groups -OCH3 is 1. The van der Waals surface area contributed by atoms with E-state index in [0.29, 0.717) is 12.2 Å². The van der Waals surface area contributed by atoms with Gasteiger partial charge in [-0.3, -0.25) is 4.79 Å². The molecule has 0 bridgehead atoms. The quantitative estimate of drug-likeness (QED) is 0.713. The third-order valence-electron chi connectivity index (χ3n) is 4.37. The number of amides is 1. The average Bonchev–Trinajstić information content (AvgIpc) is 2.89. The molecule has 0 saturated heterocycles. The monoisotopic (exact) mass is 330 g/mol. The molecule has 0 radical (unpaired) electrons. The van der Waals surface area contributed by atoms with Crippen molar-refractivity contribution >= 4 is 12.2 Å². The topological polar surface area (TPSA) is 84.0 Å². The Labute approximate surface area is 141 Å². The van der Waals surface area contributed by atoms with Gasteiger partial charge in [0.25, 0.3) is 0 Å². The van der Waals surface area contributed by atoms with E-state index in [1.54, 1.807) is 7.11 Å². The van der Waals surface area contributed by atoms with Crippen LogP contribution in [-0.4, -0.2) is 31.4 Å². The van der Waals surface area contributed by atoms with E-state index in [2.05, 4.69) is 27.7 Å². The standard InChI is InChI=1S/C17H22N4O3/c1-9-17(10(2)24-21-9)13-7-14-12(5-15(13)23-4)6-16(22)19-8-18-11(3)20-14/h5,8-9,14,20-21H,3,6-7H2,1-2,4H3,(H,18,19,22)/t9-,14-/m0/s1. The molecule has 2 atom stereocenters. The predicted molar refractivity (Wildman–Crippen MR) is 90.4 cm³/mol. The maximum atomic E-state index is 12.0. The summed E-state index contributed by atoms with van der Waals surface area (Å²) in [5.74, 6) is 1.99. The van der Waals surface area contributed by atoms with E-state index < -0.39 is 0 Å². The van der Waals surface area contributed by atoms with Gasteiger partial charge in [-0.05, 0) is 25.5 Å². The number of allylic oxidation sites excluding steroid dienone is 2. The second-order valence-corrected chi connectivity index (χ2v) is 6.03. The zero-order valence-corrected chi connectivity index (χ0v) is 14.1. The van der Waals surface area contributed by atoms with E-state index in [4.69, 9.17) is 9.57 Å². The number of carbonyl (C=O) groups excluding carboxylic acids is 1. The molecule has 0 saturated carbocycles. The fourth-order valence-corrected chi connectivity index (χ4v) is 3.26. The van der Waals surface area contributed by atoms with Crippen molar-refractivity contribution in [3.05, 3.63) is 46.7 Å².